The molecule has 0 radical (unpaired) electrons. The molecule has 0 amide bonds. The number of hydrogen-bond acceptors (Lipinski definition) is 6. The van der Waals surface area contributed by atoms with E-state index in [0.717, 1.165) is 5.56 Å². The van der Waals surface area contributed by atoms with Crippen molar-refractivity contribution in [3.05, 3.63) is 69.8 Å². The van der Waals surface area contributed by atoms with E-state index in [0.29, 0.717) is 13.1 Å². The molecule has 0 saturated heterocycles. The minimum absolute atomic E-state index is 0. The van der Waals surface area contributed by atoms with E-state index in [4.69, 9.17) is 4.74 Å². The molecule has 0 aliphatic carbocycles. The Morgan fingerprint density at radius 3 is 2.50 bits per heavy atom. The van der Waals surface area contributed by atoms with Crippen LogP contribution < -0.4 is 10.6 Å². The van der Waals surface area contributed by atoms with Crippen LogP contribution in [0.4, 0.5) is 11.4 Å². The SMILES string of the molecule is COC(=O)c1cccc([N+](=O)[O-])c1NCC(C)NCc1ccccc1.Cl. The Hall–Kier alpha value is -2.64. The lowest BCUT2D eigenvalue weighted by Crippen LogP contribution is -2.32. The monoisotopic (exact) mass is 379 g/mol. The van der Waals surface area contributed by atoms with E-state index in [9.17, 15) is 14.9 Å². The zero-order valence-electron chi connectivity index (χ0n) is 14.6. The number of carbonyl (C=O) groups is 1. The molecule has 7 nitrogen and oxygen atoms in total. The number of nitro groups is 1. The summed E-state index contributed by atoms with van der Waals surface area (Å²) >= 11 is 0. The second-order valence-corrected chi connectivity index (χ2v) is 5.60. The molecule has 2 aromatic carbocycles. The van der Waals surface area contributed by atoms with Crippen LogP contribution >= 0.6 is 12.4 Å². The number of ether oxygens (including phenoxy) is 1. The number of benzene rings is 2. The van der Waals surface area contributed by atoms with E-state index in [2.05, 4.69) is 10.6 Å². The highest BCUT2D eigenvalue weighted by Crippen LogP contribution is 2.28. The van der Waals surface area contributed by atoms with E-state index < -0.39 is 10.9 Å². The second kappa shape index (κ2) is 10.4. The van der Waals surface area contributed by atoms with Gasteiger partial charge in [0, 0.05) is 25.2 Å². The molecule has 0 spiro atoms. The van der Waals surface area contributed by atoms with Crippen molar-refractivity contribution in [1.29, 1.82) is 0 Å². The highest BCUT2D eigenvalue weighted by Gasteiger charge is 2.22. The minimum atomic E-state index is -0.615. The van der Waals surface area contributed by atoms with Crippen molar-refractivity contribution in [2.24, 2.45) is 0 Å². The topological polar surface area (TPSA) is 93.5 Å². The number of nitro benzene ring substituents is 1. The fraction of sp³-hybridized carbons (Fsp3) is 0.278. The molecule has 1 unspecified atom stereocenters. The van der Waals surface area contributed by atoms with Crippen LogP contribution in [-0.4, -0.2) is 30.6 Å². The summed E-state index contributed by atoms with van der Waals surface area (Å²) in [5, 5.41) is 17.6. The van der Waals surface area contributed by atoms with Gasteiger partial charge in [-0.2, -0.15) is 0 Å². The third-order valence-corrected chi connectivity index (χ3v) is 3.73. The number of nitrogens with one attached hydrogen (secondary N) is 2. The van der Waals surface area contributed by atoms with E-state index in [1.165, 1.54) is 25.3 Å². The van der Waals surface area contributed by atoms with Gasteiger partial charge in [0.25, 0.3) is 5.69 Å². The first-order valence-electron chi connectivity index (χ1n) is 7.89. The first kappa shape index (κ1) is 21.4. The summed E-state index contributed by atoms with van der Waals surface area (Å²) in [6, 6.07) is 14.3. The molecule has 2 N–H and O–H groups in total. The standard InChI is InChI=1S/C18H21N3O4.ClH/c1-13(19-12-14-7-4-3-5-8-14)11-20-17-15(18(22)25-2)9-6-10-16(17)21(23)24;/h3-10,13,19-20H,11-12H2,1-2H3;1H. The number of hydrogen-bond donors (Lipinski definition) is 2. The van der Waals surface area contributed by atoms with Gasteiger partial charge in [0.15, 0.2) is 0 Å². The molecular formula is C18H22ClN3O4. The summed E-state index contributed by atoms with van der Waals surface area (Å²) in [5.74, 6) is -0.615. The van der Waals surface area contributed by atoms with Gasteiger partial charge in [-0.1, -0.05) is 36.4 Å². The molecular weight excluding hydrogens is 358 g/mol. The Morgan fingerprint density at radius 1 is 1.19 bits per heavy atom. The summed E-state index contributed by atoms with van der Waals surface area (Å²) in [6.45, 7) is 3.06. The van der Waals surface area contributed by atoms with Gasteiger partial charge in [-0.15, -0.1) is 12.4 Å². The average Bonchev–Trinajstić information content (AvgIpc) is 2.64. The third kappa shape index (κ3) is 5.72. The Bertz CT molecular complexity index is 740. The first-order valence-corrected chi connectivity index (χ1v) is 7.89. The van der Waals surface area contributed by atoms with Gasteiger partial charge < -0.3 is 15.4 Å². The normalized spacial score (nSPS) is 11.2. The van der Waals surface area contributed by atoms with Crippen LogP contribution in [0.3, 0.4) is 0 Å². The lowest BCUT2D eigenvalue weighted by atomic mass is 10.1. The molecule has 0 saturated carbocycles. The number of nitrogens with zero attached hydrogens (tertiary/aromatic N) is 1. The van der Waals surface area contributed by atoms with Crippen LogP contribution in [0.5, 0.6) is 0 Å². The average molecular weight is 380 g/mol. The third-order valence-electron chi connectivity index (χ3n) is 3.73. The fourth-order valence-corrected chi connectivity index (χ4v) is 2.37. The van der Waals surface area contributed by atoms with E-state index in [1.807, 2.05) is 37.3 Å². The van der Waals surface area contributed by atoms with Gasteiger partial charge in [0.05, 0.1) is 17.6 Å². The highest BCUT2D eigenvalue weighted by molar-refractivity contribution is 5.98. The van der Waals surface area contributed by atoms with Crippen LogP contribution in [0, 0.1) is 10.1 Å². The number of halogens is 1. The second-order valence-electron chi connectivity index (χ2n) is 5.60. The zero-order chi connectivity index (χ0) is 18.2. The van der Waals surface area contributed by atoms with Crippen molar-refractivity contribution in [3.8, 4) is 0 Å². The van der Waals surface area contributed by atoms with E-state index in [1.54, 1.807) is 0 Å². The van der Waals surface area contributed by atoms with Crippen molar-refractivity contribution in [2.45, 2.75) is 19.5 Å². The maximum absolute atomic E-state index is 11.9. The zero-order valence-corrected chi connectivity index (χ0v) is 15.4. The molecule has 0 fully saturated rings. The van der Waals surface area contributed by atoms with Crippen molar-refractivity contribution in [2.75, 3.05) is 19.0 Å². The lowest BCUT2D eigenvalue weighted by molar-refractivity contribution is -0.384. The van der Waals surface area contributed by atoms with E-state index >= 15 is 0 Å². The van der Waals surface area contributed by atoms with Crippen molar-refractivity contribution in [1.82, 2.24) is 5.32 Å². The molecule has 0 bridgehead atoms. The molecule has 0 heterocycles. The van der Waals surface area contributed by atoms with Crippen LogP contribution in [0.25, 0.3) is 0 Å². The summed E-state index contributed by atoms with van der Waals surface area (Å²) in [4.78, 5) is 22.6. The molecule has 0 aromatic heterocycles. The molecule has 2 aromatic rings. The summed E-state index contributed by atoms with van der Waals surface area (Å²) in [7, 11) is 1.25. The number of esters is 1. The quantitative estimate of drug-likeness (QED) is 0.415. The number of methoxy groups -OCH3 is 1. The Labute approximate surface area is 158 Å². The van der Waals surface area contributed by atoms with Crippen molar-refractivity contribution < 1.29 is 14.5 Å². The molecule has 0 aliphatic rings. The van der Waals surface area contributed by atoms with Gasteiger partial charge in [-0.3, -0.25) is 10.1 Å². The summed E-state index contributed by atoms with van der Waals surface area (Å²) in [6.07, 6.45) is 0. The Kier molecular flexibility index (Phi) is 8.54. The van der Waals surface area contributed by atoms with Crippen LogP contribution in [0.15, 0.2) is 48.5 Å². The summed E-state index contributed by atoms with van der Waals surface area (Å²) in [5.41, 5.74) is 1.31. The summed E-state index contributed by atoms with van der Waals surface area (Å²) < 4.78 is 4.71. The lowest BCUT2D eigenvalue weighted by Gasteiger charge is -2.17. The molecule has 140 valence electrons. The van der Waals surface area contributed by atoms with Crippen molar-refractivity contribution >= 4 is 29.8 Å². The maximum atomic E-state index is 11.9. The first-order chi connectivity index (χ1) is 12.0. The molecule has 1 atom stereocenters. The largest absolute Gasteiger partial charge is 0.465 e. The van der Waals surface area contributed by atoms with Gasteiger partial charge in [-0.05, 0) is 18.6 Å². The predicted octanol–water partition coefficient (Wildman–Crippen LogP) is 3.39. The van der Waals surface area contributed by atoms with Gasteiger partial charge in [0.1, 0.15) is 5.69 Å². The smallest absolute Gasteiger partial charge is 0.340 e. The Balaban J connectivity index is 0.00000338. The van der Waals surface area contributed by atoms with Gasteiger partial charge in [0.2, 0.25) is 0 Å². The number of carbonyl (C=O) groups excluding carboxylic acids is 1. The van der Waals surface area contributed by atoms with Crippen LogP contribution in [0.1, 0.15) is 22.8 Å². The predicted molar refractivity (Wildman–Crippen MR) is 103 cm³/mol. The number of rotatable bonds is 8. The van der Waals surface area contributed by atoms with Gasteiger partial charge in [-0.25, -0.2) is 4.79 Å². The van der Waals surface area contributed by atoms with E-state index in [-0.39, 0.29) is 35.4 Å². The van der Waals surface area contributed by atoms with Crippen molar-refractivity contribution in [3.63, 3.8) is 0 Å². The number of anilines is 1. The van der Waals surface area contributed by atoms with Gasteiger partial charge >= 0.3 is 5.97 Å². The highest BCUT2D eigenvalue weighted by atomic mass is 35.5. The Morgan fingerprint density at radius 2 is 1.88 bits per heavy atom. The molecule has 8 heteroatoms. The maximum Gasteiger partial charge on any atom is 0.340 e. The van der Waals surface area contributed by atoms with Crippen LogP contribution in [-0.2, 0) is 11.3 Å². The van der Waals surface area contributed by atoms with Crippen LogP contribution in [0.2, 0.25) is 0 Å². The number of para-hydroxylation sites is 1. The minimum Gasteiger partial charge on any atom is -0.465 e. The molecule has 26 heavy (non-hydrogen) atoms. The molecule has 2 rings (SSSR count). The fourth-order valence-electron chi connectivity index (χ4n) is 2.37. The molecule has 0 aliphatic heterocycles.